The number of carboxylic acid groups (broad SMARTS) is 1. The van der Waals surface area contributed by atoms with Crippen LogP contribution in [0.15, 0.2) is 109 Å². The van der Waals surface area contributed by atoms with Crippen LogP contribution in [-0.2, 0) is 10.3 Å². The van der Waals surface area contributed by atoms with Crippen LogP contribution in [0.25, 0.3) is 22.6 Å². The molecular weight excluding hydrogens is 644 g/mol. The molecule has 4 fully saturated rings. The smallest absolute Gasteiger partial charge is 0.308 e. The van der Waals surface area contributed by atoms with Crippen molar-refractivity contribution in [2.24, 2.45) is 17.8 Å². The van der Waals surface area contributed by atoms with Crippen molar-refractivity contribution in [3.63, 3.8) is 0 Å². The molecule has 4 saturated carbocycles. The van der Waals surface area contributed by atoms with Gasteiger partial charge in [0.2, 0.25) is 0 Å². The molecule has 0 saturated heterocycles. The zero-order valence-corrected chi connectivity index (χ0v) is 28.2. The Balaban J connectivity index is 1.27. The van der Waals surface area contributed by atoms with Gasteiger partial charge in [-0.05, 0) is 73.1 Å². The molecular formula is C41H37ClN6O2. The number of hydrogen-bond donors (Lipinski definition) is 2. The topological polar surface area (TPSA) is 106 Å². The maximum Gasteiger partial charge on any atom is 0.308 e. The van der Waals surface area contributed by atoms with Gasteiger partial charge in [-0.2, -0.15) is 5.10 Å². The summed E-state index contributed by atoms with van der Waals surface area (Å²) in [6.45, 7) is 0. The normalized spacial score (nSPS) is 21.7. The van der Waals surface area contributed by atoms with E-state index < -0.39 is 17.4 Å². The van der Waals surface area contributed by atoms with Crippen molar-refractivity contribution in [3.8, 4) is 11.5 Å². The Bertz CT molecular complexity index is 2080. The van der Waals surface area contributed by atoms with Crippen LogP contribution in [0.1, 0.15) is 66.8 Å². The molecule has 50 heavy (non-hydrogen) atoms. The molecule has 2 unspecified atom stereocenters. The van der Waals surface area contributed by atoms with Crippen LogP contribution >= 0.6 is 11.6 Å². The van der Waals surface area contributed by atoms with Gasteiger partial charge in [-0.1, -0.05) is 103 Å². The van der Waals surface area contributed by atoms with E-state index in [4.69, 9.17) is 31.7 Å². The van der Waals surface area contributed by atoms with Gasteiger partial charge in [0.15, 0.2) is 11.5 Å². The highest BCUT2D eigenvalue weighted by atomic mass is 35.5. The van der Waals surface area contributed by atoms with Crippen molar-refractivity contribution in [2.45, 2.75) is 56.0 Å². The highest BCUT2D eigenvalue weighted by molar-refractivity contribution is 6.31. The average molecular weight is 681 g/mol. The first-order valence-electron chi connectivity index (χ1n) is 17.6. The third-order valence-corrected chi connectivity index (χ3v) is 11.4. The minimum absolute atomic E-state index is 0.179. The lowest BCUT2D eigenvalue weighted by atomic mass is 9.61. The molecule has 0 spiro atoms. The van der Waals surface area contributed by atoms with Crippen molar-refractivity contribution in [3.05, 3.63) is 137 Å². The number of halogens is 1. The third kappa shape index (κ3) is 5.16. The van der Waals surface area contributed by atoms with E-state index in [-0.39, 0.29) is 12.0 Å². The fraction of sp³-hybridized carbons (Fsp3) is 0.293. The van der Waals surface area contributed by atoms with Gasteiger partial charge in [0.05, 0.1) is 16.3 Å². The van der Waals surface area contributed by atoms with E-state index in [2.05, 4.69) is 78.1 Å². The van der Waals surface area contributed by atoms with E-state index in [9.17, 15) is 9.90 Å². The van der Waals surface area contributed by atoms with Crippen LogP contribution in [0.3, 0.4) is 0 Å². The zero-order valence-electron chi connectivity index (χ0n) is 27.5. The van der Waals surface area contributed by atoms with Gasteiger partial charge in [-0.25, -0.2) is 19.6 Å². The Kier molecular flexibility index (Phi) is 7.65. The summed E-state index contributed by atoms with van der Waals surface area (Å²) in [5.74, 6) is 0.793. The molecule has 2 bridgehead atoms. The van der Waals surface area contributed by atoms with Crippen LogP contribution in [0.4, 0.5) is 5.82 Å². The number of rotatable bonds is 9. The Labute approximate surface area is 295 Å². The quantitative estimate of drug-likeness (QED) is 0.147. The Morgan fingerprint density at radius 3 is 1.92 bits per heavy atom. The number of pyridine rings is 1. The molecule has 8 nitrogen and oxygen atoms in total. The summed E-state index contributed by atoms with van der Waals surface area (Å²) in [6.07, 6.45) is 7.82. The van der Waals surface area contributed by atoms with E-state index in [1.54, 1.807) is 6.20 Å². The number of nitrogens with one attached hydrogen (secondary N) is 1. The van der Waals surface area contributed by atoms with Gasteiger partial charge < -0.3 is 10.4 Å². The van der Waals surface area contributed by atoms with Crippen molar-refractivity contribution < 1.29 is 9.90 Å². The first-order chi connectivity index (χ1) is 24.5. The van der Waals surface area contributed by atoms with E-state index in [1.165, 1.54) is 0 Å². The molecule has 2 N–H and O–H groups in total. The summed E-state index contributed by atoms with van der Waals surface area (Å²) in [4.78, 5) is 27.7. The number of hydrogen-bond acceptors (Lipinski definition) is 6. The van der Waals surface area contributed by atoms with Gasteiger partial charge in [-0.15, -0.1) is 0 Å². The molecule has 4 aliphatic carbocycles. The Morgan fingerprint density at radius 2 is 1.36 bits per heavy atom. The zero-order chi connectivity index (χ0) is 33.8. The second kappa shape index (κ2) is 12.4. The van der Waals surface area contributed by atoms with Gasteiger partial charge in [0.25, 0.3) is 0 Å². The number of aliphatic carboxylic acids is 1. The third-order valence-electron chi connectivity index (χ3n) is 11.2. The molecule has 3 aromatic heterocycles. The lowest BCUT2D eigenvalue weighted by Gasteiger charge is -2.47. The summed E-state index contributed by atoms with van der Waals surface area (Å²) >= 11 is 6.68. The molecule has 6 aromatic rings. The number of benzene rings is 3. The second-order valence-corrected chi connectivity index (χ2v) is 14.5. The minimum Gasteiger partial charge on any atom is -0.481 e. The van der Waals surface area contributed by atoms with E-state index in [1.807, 2.05) is 35.0 Å². The standard InChI is InChI=1S/C41H37ClN6O2/c42-31-22-32-37(38-44-33(25-16-17-25)23-34(46-38)45-36-27-20-18-26(19-21-27)35(36)40(49)50)47-48(39(32)43-24-31)41(28-10-4-1-5-11-28,29-12-6-2-7-13-29)30-14-8-3-9-15-30/h1-15,22-27,35-36H,16-21H2,(H,49,50)(H,44,45,46). The molecule has 10 rings (SSSR count). The highest BCUT2D eigenvalue weighted by Crippen LogP contribution is 2.48. The monoisotopic (exact) mass is 680 g/mol. The summed E-state index contributed by atoms with van der Waals surface area (Å²) in [5.41, 5.74) is 4.32. The number of carboxylic acids is 1. The van der Waals surface area contributed by atoms with Gasteiger partial charge in [-0.3, -0.25) is 4.79 Å². The van der Waals surface area contributed by atoms with Gasteiger partial charge in [0.1, 0.15) is 17.1 Å². The number of nitrogens with zero attached hydrogens (tertiary/aromatic N) is 5. The number of anilines is 1. The van der Waals surface area contributed by atoms with Crippen LogP contribution in [0, 0.1) is 17.8 Å². The molecule has 250 valence electrons. The van der Waals surface area contributed by atoms with Crippen molar-refractivity contribution >= 4 is 34.4 Å². The predicted octanol–water partition coefficient (Wildman–Crippen LogP) is 8.56. The maximum absolute atomic E-state index is 12.5. The first-order valence-corrected chi connectivity index (χ1v) is 18.0. The largest absolute Gasteiger partial charge is 0.481 e. The molecule has 0 aliphatic heterocycles. The molecule has 9 heteroatoms. The van der Waals surface area contributed by atoms with Crippen molar-refractivity contribution in [1.29, 1.82) is 0 Å². The minimum atomic E-state index is -0.910. The SMILES string of the molecule is O=C(O)C1C2CCC(CC2)C1Nc1cc(C2CC2)nc(-c2nn(C(c3ccccc3)(c3ccccc3)c3ccccc3)c3ncc(Cl)cc23)n1. The van der Waals surface area contributed by atoms with Crippen molar-refractivity contribution in [1.82, 2.24) is 24.7 Å². The molecule has 3 aromatic carbocycles. The van der Waals surface area contributed by atoms with Crippen molar-refractivity contribution in [2.75, 3.05) is 5.32 Å². The van der Waals surface area contributed by atoms with Gasteiger partial charge >= 0.3 is 5.97 Å². The number of aromatic nitrogens is 5. The van der Waals surface area contributed by atoms with Crippen LogP contribution in [0.2, 0.25) is 5.02 Å². The highest BCUT2D eigenvalue weighted by Gasteiger charge is 2.48. The summed E-state index contributed by atoms with van der Waals surface area (Å²) in [6, 6.07) is 34.9. The number of carbonyl (C=O) groups is 1. The predicted molar refractivity (Wildman–Crippen MR) is 194 cm³/mol. The van der Waals surface area contributed by atoms with Crippen LogP contribution < -0.4 is 5.32 Å². The van der Waals surface area contributed by atoms with E-state index in [0.29, 0.717) is 39.8 Å². The fourth-order valence-electron chi connectivity index (χ4n) is 8.70. The van der Waals surface area contributed by atoms with E-state index >= 15 is 0 Å². The second-order valence-electron chi connectivity index (χ2n) is 14.1. The summed E-state index contributed by atoms with van der Waals surface area (Å²) < 4.78 is 2.01. The Morgan fingerprint density at radius 1 is 0.780 bits per heavy atom. The average Bonchev–Trinajstić information content (AvgIpc) is 3.95. The lowest BCUT2D eigenvalue weighted by Crippen LogP contribution is -2.51. The Hall–Kier alpha value is -5.08. The maximum atomic E-state index is 12.5. The molecule has 0 amide bonds. The fourth-order valence-corrected chi connectivity index (χ4v) is 8.86. The first kappa shape index (κ1) is 30.9. The summed E-state index contributed by atoms with van der Waals surface area (Å²) in [7, 11) is 0. The van der Waals surface area contributed by atoms with Crippen LogP contribution in [0.5, 0.6) is 0 Å². The summed E-state index contributed by atoms with van der Waals surface area (Å²) in [5, 5.41) is 20.6. The van der Waals surface area contributed by atoms with E-state index in [0.717, 1.165) is 66.3 Å². The van der Waals surface area contributed by atoms with Gasteiger partial charge in [0, 0.05) is 29.9 Å². The number of fused-ring (bicyclic) bond motifs is 4. The molecule has 3 heterocycles. The molecule has 4 aliphatic rings. The molecule has 0 radical (unpaired) electrons. The lowest BCUT2D eigenvalue weighted by molar-refractivity contribution is -0.148. The molecule has 2 atom stereocenters. The van der Waals surface area contributed by atoms with Crippen LogP contribution in [-0.4, -0.2) is 41.9 Å².